The summed E-state index contributed by atoms with van der Waals surface area (Å²) in [5, 5.41) is 2.67. The molecular formula is C36H44FN5O3. The lowest BCUT2D eigenvalue weighted by Gasteiger charge is -2.42. The van der Waals surface area contributed by atoms with E-state index in [-0.39, 0.29) is 18.7 Å². The van der Waals surface area contributed by atoms with Gasteiger partial charge >= 0.3 is 6.09 Å². The SMILES string of the molecule is CC(C)(C)OC(=O)Nc1cc(CN2CCC(F)(C(=O)N3CCC(N4Cc5ccccc5-c5ccccc5C4)CC3)CC2)ccn1. The topological polar surface area (TPSA) is 78.0 Å². The molecule has 2 amide bonds. The number of fused-ring (bicyclic) bond motifs is 3. The summed E-state index contributed by atoms with van der Waals surface area (Å²) in [5.74, 6) is 0.0608. The number of amides is 2. The number of ether oxygens (including phenoxy) is 1. The quantitative estimate of drug-likeness (QED) is 0.359. The van der Waals surface area contributed by atoms with Crippen molar-refractivity contribution >= 4 is 17.8 Å². The molecule has 8 nitrogen and oxygen atoms in total. The Kier molecular flexibility index (Phi) is 8.93. The Hall–Kier alpha value is -3.82. The number of carbonyl (C=O) groups excluding carboxylic acids is 2. The van der Waals surface area contributed by atoms with E-state index >= 15 is 4.39 Å². The molecule has 0 spiro atoms. The molecule has 3 aliphatic rings. The zero-order valence-electron chi connectivity index (χ0n) is 26.6. The Morgan fingerprint density at radius 2 is 1.53 bits per heavy atom. The smallest absolute Gasteiger partial charge is 0.413 e. The molecule has 0 bridgehead atoms. The summed E-state index contributed by atoms with van der Waals surface area (Å²) >= 11 is 0. The number of pyridine rings is 1. The van der Waals surface area contributed by atoms with E-state index in [0.717, 1.165) is 31.5 Å². The van der Waals surface area contributed by atoms with Gasteiger partial charge in [-0.25, -0.2) is 14.2 Å². The van der Waals surface area contributed by atoms with E-state index in [1.54, 1.807) is 37.9 Å². The number of rotatable bonds is 5. The van der Waals surface area contributed by atoms with Crippen LogP contribution in [0.5, 0.6) is 0 Å². The number of nitrogens with zero attached hydrogens (tertiary/aromatic N) is 4. The number of aromatic nitrogens is 1. The van der Waals surface area contributed by atoms with Gasteiger partial charge in [-0.15, -0.1) is 0 Å². The number of hydrogen-bond donors (Lipinski definition) is 1. The zero-order valence-corrected chi connectivity index (χ0v) is 26.6. The molecule has 0 aliphatic carbocycles. The van der Waals surface area contributed by atoms with Crippen LogP contribution >= 0.6 is 0 Å². The van der Waals surface area contributed by atoms with Crippen molar-refractivity contribution in [2.75, 3.05) is 31.5 Å². The molecule has 9 heteroatoms. The van der Waals surface area contributed by atoms with Gasteiger partial charge in [0.2, 0.25) is 0 Å². The molecule has 0 saturated carbocycles. The summed E-state index contributed by atoms with van der Waals surface area (Å²) in [6, 6.07) is 21.3. The lowest BCUT2D eigenvalue weighted by atomic mass is 9.90. The van der Waals surface area contributed by atoms with Gasteiger partial charge < -0.3 is 9.64 Å². The third-order valence-electron chi connectivity index (χ3n) is 9.23. The summed E-state index contributed by atoms with van der Waals surface area (Å²) < 4.78 is 21.5. The highest BCUT2D eigenvalue weighted by Gasteiger charge is 2.45. The average Bonchev–Trinajstić information content (AvgIpc) is 3.18. The van der Waals surface area contributed by atoms with Crippen molar-refractivity contribution in [3.05, 3.63) is 83.6 Å². The van der Waals surface area contributed by atoms with Gasteiger partial charge in [-0.2, -0.15) is 0 Å². The summed E-state index contributed by atoms with van der Waals surface area (Å²) in [6.45, 7) is 9.91. The summed E-state index contributed by atoms with van der Waals surface area (Å²) in [5.41, 5.74) is 3.79. The predicted molar refractivity (Wildman–Crippen MR) is 173 cm³/mol. The molecule has 0 atom stereocenters. The number of anilines is 1. The molecule has 45 heavy (non-hydrogen) atoms. The van der Waals surface area contributed by atoms with Gasteiger partial charge in [0.15, 0.2) is 5.67 Å². The first-order chi connectivity index (χ1) is 21.6. The second-order valence-electron chi connectivity index (χ2n) is 13.7. The largest absolute Gasteiger partial charge is 0.444 e. The molecule has 3 aromatic rings. The number of carbonyl (C=O) groups is 2. The van der Waals surface area contributed by atoms with Crippen molar-refractivity contribution in [3.8, 4) is 11.1 Å². The molecule has 0 unspecified atom stereocenters. The van der Waals surface area contributed by atoms with Crippen molar-refractivity contribution in [2.45, 2.75) is 83.4 Å². The first kappa shape index (κ1) is 31.2. The third kappa shape index (κ3) is 7.36. The number of benzene rings is 2. The molecule has 2 fully saturated rings. The number of nitrogens with one attached hydrogen (secondary N) is 1. The van der Waals surface area contributed by atoms with Crippen LogP contribution in [0.4, 0.5) is 15.0 Å². The Morgan fingerprint density at radius 3 is 2.13 bits per heavy atom. The van der Waals surface area contributed by atoms with Crippen molar-refractivity contribution in [1.29, 1.82) is 0 Å². The van der Waals surface area contributed by atoms with Crippen LogP contribution in [0.1, 0.15) is 63.1 Å². The highest BCUT2D eigenvalue weighted by Crippen LogP contribution is 2.36. The molecular weight excluding hydrogens is 569 g/mol. The molecule has 2 saturated heterocycles. The minimum atomic E-state index is -1.83. The lowest BCUT2D eigenvalue weighted by Crippen LogP contribution is -2.55. The fourth-order valence-electron chi connectivity index (χ4n) is 6.90. The van der Waals surface area contributed by atoms with Crippen LogP contribution in [-0.2, 0) is 29.2 Å². The van der Waals surface area contributed by atoms with Crippen molar-refractivity contribution in [2.24, 2.45) is 0 Å². The third-order valence-corrected chi connectivity index (χ3v) is 9.23. The minimum absolute atomic E-state index is 0.180. The molecule has 0 radical (unpaired) electrons. The van der Waals surface area contributed by atoms with Crippen molar-refractivity contribution in [1.82, 2.24) is 19.7 Å². The highest BCUT2D eigenvalue weighted by molar-refractivity contribution is 5.85. The normalized spacial score (nSPS) is 19.2. The van der Waals surface area contributed by atoms with E-state index in [2.05, 4.69) is 68.6 Å². The van der Waals surface area contributed by atoms with Crippen LogP contribution in [0.15, 0.2) is 66.9 Å². The van der Waals surface area contributed by atoms with E-state index in [4.69, 9.17) is 4.74 Å². The Bertz CT molecular complexity index is 1480. The van der Waals surface area contributed by atoms with Crippen LogP contribution < -0.4 is 5.32 Å². The van der Waals surface area contributed by atoms with E-state index in [1.807, 2.05) is 6.07 Å². The molecule has 1 N–H and O–H groups in total. The molecule has 2 aromatic carbocycles. The van der Waals surface area contributed by atoms with E-state index < -0.39 is 17.4 Å². The molecule has 3 aliphatic heterocycles. The molecule has 6 rings (SSSR count). The van der Waals surface area contributed by atoms with Crippen molar-refractivity contribution < 1.29 is 18.7 Å². The van der Waals surface area contributed by atoms with Crippen LogP contribution in [-0.4, -0.2) is 75.2 Å². The monoisotopic (exact) mass is 613 g/mol. The van der Waals surface area contributed by atoms with Gasteiger partial charge in [-0.1, -0.05) is 48.5 Å². The fraction of sp³-hybridized carbons (Fsp3) is 0.472. The fourth-order valence-corrected chi connectivity index (χ4v) is 6.90. The van der Waals surface area contributed by atoms with Gasteiger partial charge in [0.1, 0.15) is 11.4 Å². The van der Waals surface area contributed by atoms with Crippen LogP contribution in [0.3, 0.4) is 0 Å². The van der Waals surface area contributed by atoms with Gasteiger partial charge in [-0.3, -0.25) is 19.9 Å². The Labute approximate surface area is 265 Å². The van der Waals surface area contributed by atoms with E-state index in [0.29, 0.717) is 44.6 Å². The maximum absolute atomic E-state index is 16.1. The van der Waals surface area contributed by atoms with E-state index in [1.165, 1.54) is 22.3 Å². The van der Waals surface area contributed by atoms with Crippen LogP contribution in [0, 0.1) is 0 Å². The number of hydrogen-bond acceptors (Lipinski definition) is 6. The van der Waals surface area contributed by atoms with Gasteiger partial charge in [0.05, 0.1) is 0 Å². The summed E-state index contributed by atoms with van der Waals surface area (Å²) in [7, 11) is 0. The van der Waals surface area contributed by atoms with E-state index in [9.17, 15) is 9.59 Å². The van der Waals surface area contributed by atoms with Gasteiger partial charge in [0, 0.05) is 70.9 Å². The number of likely N-dealkylation sites (tertiary alicyclic amines) is 2. The Morgan fingerprint density at radius 1 is 0.933 bits per heavy atom. The molecule has 4 heterocycles. The van der Waals surface area contributed by atoms with Crippen LogP contribution in [0.2, 0.25) is 0 Å². The van der Waals surface area contributed by atoms with Gasteiger partial charge in [-0.05, 0) is 73.6 Å². The number of piperidine rings is 2. The molecule has 1 aromatic heterocycles. The lowest BCUT2D eigenvalue weighted by molar-refractivity contribution is -0.149. The second-order valence-corrected chi connectivity index (χ2v) is 13.7. The van der Waals surface area contributed by atoms with Crippen LogP contribution in [0.25, 0.3) is 11.1 Å². The van der Waals surface area contributed by atoms with Crippen molar-refractivity contribution in [3.63, 3.8) is 0 Å². The number of alkyl halides is 1. The maximum Gasteiger partial charge on any atom is 0.413 e. The Balaban J connectivity index is 1.01. The van der Waals surface area contributed by atoms with Gasteiger partial charge in [0.25, 0.3) is 5.91 Å². The molecule has 238 valence electrons. The second kappa shape index (κ2) is 12.9. The first-order valence-corrected chi connectivity index (χ1v) is 16.1. The average molecular weight is 614 g/mol. The predicted octanol–water partition coefficient (Wildman–Crippen LogP) is 6.41. The summed E-state index contributed by atoms with van der Waals surface area (Å²) in [4.78, 5) is 36.3. The minimum Gasteiger partial charge on any atom is -0.444 e. The zero-order chi connectivity index (χ0) is 31.6. The maximum atomic E-state index is 16.1. The highest BCUT2D eigenvalue weighted by atomic mass is 19.1. The standard InChI is InChI=1S/C36H44FN5O3/c1-35(2,3)45-34(44)39-32-22-26(12-17-38-32)23-40-20-15-36(37,16-21-40)33(43)41-18-13-29(14-19-41)42-24-27-8-4-6-10-30(27)31-11-7-5-9-28(31)25-42/h4-12,17,22,29H,13-16,18-21,23-25H2,1-3H3,(H,38,39,44). The first-order valence-electron chi connectivity index (χ1n) is 16.1. The number of halogens is 1. The summed E-state index contributed by atoms with van der Waals surface area (Å²) in [6.07, 6.45) is 3.14.